The fourth-order valence-corrected chi connectivity index (χ4v) is 1.76. The Bertz CT molecular complexity index is 284. The van der Waals surface area contributed by atoms with E-state index >= 15 is 0 Å². The summed E-state index contributed by atoms with van der Waals surface area (Å²) in [5.74, 6) is 6.58. The number of hydrogen-bond donors (Lipinski definition) is 2. The molecular formula is C11H23N5. The molecule has 0 saturated heterocycles. The zero-order valence-corrected chi connectivity index (χ0v) is 10.3. The lowest BCUT2D eigenvalue weighted by atomic mass is 10.1. The van der Waals surface area contributed by atoms with Gasteiger partial charge in [-0.25, -0.2) is 4.98 Å². The summed E-state index contributed by atoms with van der Waals surface area (Å²) in [6.45, 7) is 5.26. The number of nitrogens with two attached hydrogens (primary N) is 1. The van der Waals surface area contributed by atoms with Crippen LogP contribution in [0.2, 0.25) is 0 Å². The molecule has 0 bridgehead atoms. The first-order valence-corrected chi connectivity index (χ1v) is 6.14. The van der Waals surface area contributed by atoms with Crippen molar-refractivity contribution in [3.05, 3.63) is 12.2 Å². The van der Waals surface area contributed by atoms with Crippen LogP contribution in [-0.4, -0.2) is 20.8 Å². The molecule has 0 saturated carbocycles. The van der Waals surface area contributed by atoms with Gasteiger partial charge in [-0.1, -0.05) is 26.7 Å². The third kappa shape index (κ3) is 3.90. The van der Waals surface area contributed by atoms with Crippen LogP contribution in [0.1, 0.15) is 45.4 Å². The van der Waals surface area contributed by atoms with Gasteiger partial charge in [-0.2, -0.15) is 5.10 Å². The largest absolute Gasteiger partial charge is 0.271 e. The van der Waals surface area contributed by atoms with E-state index in [9.17, 15) is 0 Å². The van der Waals surface area contributed by atoms with Crippen LogP contribution in [0, 0.1) is 0 Å². The molecule has 5 nitrogen and oxygen atoms in total. The molecule has 0 aromatic carbocycles. The smallest absolute Gasteiger partial charge is 0.138 e. The van der Waals surface area contributed by atoms with Crippen LogP contribution < -0.4 is 11.3 Å². The predicted octanol–water partition coefficient (Wildman–Crippen LogP) is 1.25. The minimum atomic E-state index is 0.305. The van der Waals surface area contributed by atoms with E-state index in [1.54, 1.807) is 6.33 Å². The lowest BCUT2D eigenvalue weighted by Gasteiger charge is -2.15. The van der Waals surface area contributed by atoms with E-state index in [0.29, 0.717) is 6.04 Å². The molecule has 1 heterocycles. The van der Waals surface area contributed by atoms with E-state index in [-0.39, 0.29) is 0 Å². The lowest BCUT2D eigenvalue weighted by molar-refractivity contribution is 0.448. The second-order valence-corrected chi connectivity index (χ2v) is 4.11. The topological polar surface area (TPSA) is 68.8 Å². The molecule has 0 fully saturated rings. The van der Waals surface area contributed by atoms with E-state index < -0.39 is 0 Å². The Hall–Kier alpha value is -0.940. The van der Waals surface area contributed by atoms with Gasteiger partial charge in [0.1, 0.15) is 12.2 Å². The Morgan fingerprint density at radius 1 is 1.44 bits per heavy atom. The second-order valence-electron chi connectivity index (χ2n) is 4.11. The number of unbranched alkanes of at least 4 members (excludes halogenated alkanes) is 1. The maximum absolute atomic E-state index is 5.55. The highest BCUT2D eigenvalue weighted by molar-refractivity contribution is 4.89. The van der Waals surface area contributed by atoms with Crippen molar-refractivity contribution in [2.75, 3.05) is 0 Å². The van der Waals surface area contributed by atoms with Gasteiger partial charge in [0, 0.05) is 19.0 Å². The summed E-state index contributed by atoms with van der Waals surface area (Å²) < 4.78 is 1.97. The van der Waals surface area contributed by atoms with Crippen molar-refractivity contribution in [3.8, 4) is 0 Å². The van der Waals surface area contributed by atoms with Gasteiger partial charge in [-0.3, -0.25) is 16.0 Å². The Morgan fingerprint density at radius 2 is 2.25 bits per heavy atom. The zero-order chi connectivity index (χ0) is 11.8. The van der Waals surface area contributed by atoms with Crippen molar-refractivity contribution in [1.82, 2.24) is 20.2 Å². The molecule has 1 unspecified atom stereocenters. The van der Waals surface area contributed by atoms with Gasteiger partial charge in [-0.15, -0.1) is 0 Å². The molecule has 1 rings (SSSR count). The van der Waals surface area contributed by atoms with Crippen molar-refractivity contribution in [2.24, 2.45) is 5.84 Å². The van der Waals surface area contributed by atoms with Crippen LogP contribution in [0.5, 0.6) is 0 Å². The standard InChI is InChI=1S/C11H23N5/c1-3-5-6-10(15-12)8-11-13-9-14-16(11)7-4-2/h9-10,15H,3-8,12H2,1-2H3. The highest BCUT2D eigenvalue weighted by atomic mass is 15.3. The molecule has 5 heteroatoms. The monoisotopic (exact) mass is 225 g/mol. The Morgan fingerprint density at radius 3 is 2.88 bits per heavy atom. The zero-order valence-electron chi connectivity index (χ0n) is 10.3. The average Bonchev–Trinajstić information content (AvgIpc) is 2.72. The SMILES string of the molecule is CCCCC(Cc1ncnn1CCC)NN. The van der Waals surface area contributed by atoms with Crippen molar-refractivity contribution in [3.63, 3.8) is 0 Å². The molecule has 0 aliphatic rings. The molecule has 92 valence electrons. The van der Waals surface area contributed by atoms with Crippen LogP contribution in [0.25, 0.3) is 0 Å². The number of nitrogens with one attached hydrogen (secondary N) is 1. The second kappa shape index (κ2) is 7.35. The lowest BCUT2D eigenvalue weighted by Crippen LogP contribution is -2.37. The van der Waals surface area contributed by atoms with Crippen LogP contribution in [0.15, 0.2) is 6.33 Å². The number of hydrazine groups is 1. The van der Waals surface area contributed by atoms with Crippen LogP contribution in [-0.2, 0) is 13.0 Å². The number of aryl methyl sites for hydroxylation is 1. The molecule has 1 aromatic heterocycles. The molecular weight excluding hydrogens is 202 g/mol. The van der Waals surface area contributed by atoms with Gasteiger partial charge in [0.15, 0.2) is 0 Å². The van der Waals surface area contributed by atoms with Crippen LogP contribution in [0.3, 0.4) is 0 Å². The highest BCUT2D eigenvalue weighted by Crippen LogP contribution is 2.06. The van der Waals surface area contributed by atoms with Gasteiger partial charge >= 0.3 is 0 Å². The number of aromatic nitrogens is 3. The first kappa shape index (κ1) is 13.1. The fraction of sp³-hybridized carbons (Fsp3) is 0.818. The first-order chi connectivity index (χ1) is 7.81. The minimum absolute atomic E-state index is 0.305. The Labute approximate surface area is 97.4 Å². The quantitative estimate of drug-likeness (QED) is 0.516. The molecule has 0 spiro atoms. The van der Waals surface area contributed by atoms with Crippen molar-refractivity contribution in [2.45, 2.75) is 58.5 Å². The Kier molecular flexibility index (Phi) is 6.03. The molecule has 0 aliphatic carbocycles. The summed E-state index contributed by atoms with van der Waals surface area (Å²) in [5.41, 5.74) is 2.86. The van der Waals surface area contributed by atoms with Gasteiger partial charge in [0.2, 0.25) is 0 Å². The first-order valence-electron chi connectivity index (χ1n) is 6.14. The third-order valence-corrected chi connectivity index (χ3v) is 2.70. The molecule has 0 radical (unpaired) electrons. The van der Waals surface area contributed by atoms with E-state index in [1.807, 2.05) is 4.68 Å². The van der Waals surface area contributed by atoms with E-state index in [4.69, 9.17) is 5.84 Å². The summed E-state index contributed by atoms with van der Waals surface area (Å²) in [5, 5.41) is 4.21. The van der Waals surface area contributed by atoms with Gasteiger partial charge < -0.3 is 0 Å². The van der Waals surface area contributed by atoms with E-state index in [2.05, 4.69) is 29.4 Å². The predicted molar refractivity (Wildman–Crippen MR) is 64.7 cm³/mol. The summed E-state index contributed by atoms with van der Waals surface area (Å²) >= 11 is 0. The fourth-order valence-electron chi connectivity index (χ4n) is 1.76. The van der Waals surface area contributed by atoms with Crippen molar-refractivity contribution >= 4 is 0 Å². The van der Waals surface area contributed by atoms with E-state index in [1.165, 1.54) is 12.8 Å². The maximum atomic E-state index is 5.55. The van der Waals surface area contributed by atoms with Crippen LogP contribution in [0.4, 0.5) is 0 Å². The molecule has 0 aliphatic heterocycles. The average molecular weight is 225 g/mol. The summed E-state index contributed by atoms with van der Waals surface area (Å²) in [7, 11) is 0. The highest BCUT2D eigenvalue weighted by Gasteiger charge is 2.11. The van der Waals surface area contributed by atoms with E-state index in [0.717, 1.165) is 31.6 Å². The normalized spacial score (nSPS) is 12.9. The Balaban J connectivity index is 2.51. The van der Waals surface area contributed by atoms with Crippen LogP contribution >= 0.6 is 0 Å². The summed E-state index contributed by atoms with van der Waals surface area (Å²) in [6, 6.07) is 0.305. The third-order valence-electron chi connectivity index (χ3n) is 2.70. The molecule has 3 N–H and O–H groups in total. The maximum Gasteiger partial charge on any atom is 0.138 e. The minimum Gasteiger partial charge on any atom is -0.271 e. The molecule has 0 amide bonds. The number of nitrogens with zero attached hydrogens (tertiary/aromatic N) is 3. The summed E-state index contributed by atoms with van der Waals surface area (Å²) in [6.07, 6.45) is 7.03. The van der Waals surface area contributed by atoms with Crippen molar-refractivity contribution in [1.29, 1.82) is 0 Å². The number of rotatable bonds is 8. The van der Waals surface area contributed by atoms with Gasteiger partial charge in [0.25, 0.3) is 0 Å². The summed E-state index contributed by atoms with van der Waals surface area (Å²) in [4.78, 5) is 4.29. The van der Waals surface area contributed by atoms with Gasteiger partial charge in [0.05, 0.1) is 0 Å². The molecule has 16 heavy (non-hydrogen) atoms. The number of hydrogen-bond acceptors (Lipinski definition) is 4. The van der Waals surface area contributed by atoms with Gasteiger partial charge in [-0.05, 0) is 12.8 Å². The van der Waals surface area contributed by atoms with Crippen molar-refractivity contribution < 1.29 is 0 Å². The molecule has 1 atom stereocenters. The molecule has 1 aromatic rings.